The summed E-state index contributed by atoms with van der Waals surface area (Å²) in [7, 11) is 4.13. The number of amides is 1. The number of nitrogens with two attached hydrogens (primary N) is 1. The van der Waals surface area contributed by atoms with E-state index < -0.39 is 6.04 Å². The smallest absolute Gasteiger partial charge is 0.241 e. The maximum absolute atomic E-state index is 12.2. The maximum atomic E-state index is 12.2. The summed E-state index contributed by atoms with van der Waals surface area (Å²) < 4.78 is 2.21. The molecule has 1 heterocycles. The largest absolute Gasteiger partial charge is 0.346 e. The first kappa shape index (κ1) is 17.5. The Morgan fingerprint density at radius 1 is 1.35 bits per heavy atom. The molecular formula is C18H28N4O. The van der Waals surface area contributed by atoms with E-state index in [2.05, 4.69) is 41.1 Å². The SMILES string of the molecule is CCC(C)C(N)C(=O)Nc1ccc2ccn(CCN(C)C)c2c1. The third kappa shape index (κ3) is 4.33. The Kier molecular flexibility index (Phi) is 5.80. The predicted octanol–water partition coefficient (Wildman–Crippen LogP) is 2.51. The first-order valence-electron chi connectivity index (χ1n) is 8.22. The molecule has 1 amide bonds. The summed E-state index contributed by atoms with van der Waals surface area (Å²) in [4.78, 5) is 14.4. The molecular weight excluding hydrogens is 288 g/mol. The molecule has 0 aliphatic rings. The summed E-state index contributed by atoms with van der Waals surface area (Å²) in [6, 6.07) is 7.61. The topological polar surface area (TPSA) is 63.3 Å². The van der Waals surface area contributed by atoms with Crippen LogP contribution < -0.4 is 11.1 Å². The van der Waals surface area contributed by atoms with E-state index in [1.54, 1.807) is 0 Å². The lowest BCUT2D eigenvalue weighted by Gasteiger charge is -2.18. The molecule has 0 saturated carbocycles. The van der Waals surface area contributed by atoms with Crippen molar-refractivity contribution in [3.63, 3.8) is 0 Å². The van der Waals surface area contributed by atoms with Crippen LogP contribution in [0.1, 0.15) is 20.3 Å². The lowest BCUT2D eigenvalue weighted by Crippen LogP contribution is -2.40. The molecule has 2 unspecified atom stereocenters. The van der Waals surface area contributed by atoms with E-state index in [0.717, 1.165) is 30.7 Å². The molecule has 5 nitrogen and oxygen atoms in total. The van der Waals surface area contributed by atoms with Crippen LogP contribution in [0.5, 0.6) is 0 Å². The van der Waals surface area contributed by atoms with Gasteiger partial charge in [-0.25, -0.2) is 0 Å². The van der Waals surface area contributed by atoms with E-state index >= 15 is 0 Å². The van der Waals surface area contributed by atoms with Crippen LogP contribution in [0.3, 0.4) is 0 Å². The van der Waals surface area contributed by atoms with Crippen molar-refractivity contribution in [1.82, 2.24) is 9.47 Å². The lowest BCUT2D eigenvalue weighted by molar-refractivity contribution is -0.118. The van der Waals surface area contributed by atoms with Crippen molar-refractivity contribution in [2.45, 2.75) is 32.9 Å². The monoisotopic (exact) mass is 316 g/mol. The highest BCUT2D eigenvalue weighted by Crippen LogP contribution is 2.21. The second-order valence-electron chi connectivity index (χ2n) is 6.49. The van der Waals surface area contributed by atoms with Crippen molar-refractivity contribution >= 4 is 22.5 Å². The van der Waals surface area contributed by atoms with E-state index in [-0.39, 0.29) is 11.8 Å². The summed E-state index contributed by atoms with van der Waals surface area (Å²) in [5.74, 6) is 0.0489. The molecule has 2 atom stereocenters. The van der Waals surface area contributed by atoms with Crippen LogP contribution in [-0.2, 0) is 11.3 Å². The van der Waals surface area contributed by atoms with Crippen molar-refractivity contribution in [2.75, 3.05) is 26.0 Å². The number of carbonyl (C=O) groups is 1. The van der Waals surface area contributed by atoms with Gasteiger partial charge >= 0.3 is 0 Å². The Morgan fingerprint density at radius 3 is 2.74 bits per heavy atom. The third-order valence-corrected chi connectivity index (χ3v) is 4.39. The zero-order valence-electron chi connectivity index (χ0n) is 14.5. The fraction of sp³-hybridized carbons (Fsp3) is 0.500. The Balaban J connectivity index is 2.15. The number of likely N-dealkylation sites (N-methyl/N-ethyl adjacent to an activating group) is 1. The second-order valence-corrected chi connectivity index (χ2v) is 6.49. The second kappa shape index (κ2) is 7.62. The molecule has 2 aromatic rings. The summed E-state index contributed by atoms with van der Waals surface area (Å²) >= 11 is 0. The number of hydrogen-bond acceptors (Lipinski definition) is 3. The van der Waals surface area contributed by atoms with E-state index in [0.29, 0.717) is 0 Å². The highest BCUT2D eigenvalue weighted by Gasteiger charge is 2.19. The molecule has 0 aliphatic heterocycles. The average molecular weight is 316 g/mol. The minimum Gasteiger partial charge on any atom is -0.346 e. The summed E-state index contributed by atoms with van der Waals surface area (Å²) in [6.45, 7) is 5.93. The normalized spacial score (nSPS) is 14.2. The Hall–Kier alpha value is -1.85. The molecule has 0 aliphatic carbocycles. The van der Waals surface area contributed by atoms with Gasteiger partial charge < -0.3 is 20.5 Å². The first-order chi connectivity index (χ1) is 10.9. The van der Waals surface area contributed by atoms with Crippen LogP contribution in [0, 0.1) is 5.92 Å². The highest BCUT2D eigenvalue weighted by atomic mass is 16.2. The van der Waals surface area contributed by atoms with Gasteiger partial charge in [0.15, 0.2) is 0 Å². The van der Waals surface area contributed by atoms with Gasteiger partial charge in [0, 0.05) is 25.0 Å². The van der Waals surface area contributed by atoms with Gasteiger partial charge in [-0.1, -0.05) is 26.3 Å². The standard InChI is InChI=1S/C18H28N4O/c1-5-13(2)17(19)18(23)20-15-7-6-14-8-9-22(16(14)12-15)11-10-21(3)4/h6-9,12-13,17H,5,10-11,19H2,1-4H3,(H,20,23). The van der Waals surface area contributed by atoms with Gasteiger partial charge in [-0.05, 0) is 43.6 Å². The number of carbonyl (C=O) groups excluding carboxylic acids is 1. The van der Waals surface area contributed by atoms with Gasteiger partial charge in [0.25, 0.3) is 0 Å². The summed E-state index contributed by atoms with van der Waals surface area (Å²) in [6.07, 6.45) is 2.98. The van der Waals surface area contributed by atoms with Gasteiger partial charge in [-0.2, -0.15) is 0 Å². The van der Waals surface area contributed by atoms with Crippen LogP contribution in [-0.4, -0.2) is 42.1 Å². The van der Waals surface area contributed by atoms with Crippen LogP contribution in [0.4, 0.5) is 5.69 Å². The molecule has 0 fully saturated rings. The highest BCUT2D eigenvalue weighted by molar-refractivity contribution is 5.96. The van der Waals surface area contributed by atoms with Crippen LogP contribution >= 0.6 is 0 Å². The predicted molar refractivity (Wildman–Crippen MR) is 96.6 cm³/mol. The molecule has 3 N–H and O–H groups in total. The first-order valence-corrected chi connectivity index (χ1v) is 8.22. The molecule has 0 radical (unpaired) electrons. The minimum atomic E-state index is -0.476. The van der Waals surface area contributed by atoms with Gasteiger partial charge in [-0.3, -0.25) is 4.79 Å². The zero-order valence-corrected chi connectivity index (χ0v) is 14.5. The quantitative estimate of drug-likeness (QED) is 0.825. The Labute approximate surface area is 138 Å². The molecule has 0 bridgehead atoms. The van der Waals surface area contributed by atoms with Crippen molar-refractivity contribution in [3.8, 4) is 0 Å². The number of benzene rings is 1. The Bertz CT molecular complexity index is 662. The fourth-order valence-corrected chi connectivity index (χ4v) is 2.50. The molecule has 0 spiro atoms. The molecule has 1 aromatic heterocycles. The van der Waals surface area contributed by atoms with Crippen molar-refractivity contribution in [3.05, 3.63) is 30.5 Å². The number of rotatable bonds is 7. The van der Waals surface area contributed by atoms with E-state index in [1.807, 2.05) is 32.0 Å². The van der Waals surface area contributed by atoms with Crippen molar-refractivity contribution < 1.29 is 4.79 Å². The number of aromatic nitrogens is 1. The third-order valence-electron chi connectivity index (χ3n) is 4.39. The molecule has 0 saturated heterocycles. The van der Waals surface area contributed by atoms with Crippen LogP contribution in [0.15, 0.2) is 30.5 Å². The molecule has 126 valence electrons. The average Bonchev–Trinajstić information content (AvgIpc) is 2.93. The van der Waals surface area contributed by atoms with Gasteiger partial charge in [0.2, 0.25) is 5.91 Å². The summed E-state index contributed by atoms with van der Waals surface area (Å²) in [5.41, 5.74) is 7.92. The number of hydrogen-bond donors (Lipinski definition) is 2. The van der Waals surface area contributed by atoms with Crippen molar-refractivity contribution in [1.29, 1.82) is 0 Å². The lowest BCUT2D eigenvalue weighted by atomic mass is 9.99. The van der Waals surface area contributed by atoms with Crippen LogP contribution in [0.25, 0.3) is 10.9 Å². The molecule has 5 heteroatoms. The van der Waals surface area contributed by atoms with Crippen molar-refractivity contribution in [2.24, 2.45) is 11.7 Å². The van der Waals surface area contributed by atoms with E-state index in [1.165, 1.54) is 5.39 Å². The van der Waals surface area contributed by atoms with Crippen LogP contribution in [0.2, 0.25) is 0 Å². The van der Waals surface area contributed by atoms with E-state index in [9.17, 15) is 4.79 Å². The van der Waals surface area contributed by atoms with Gasteiger partial charge in [0.1, 0.15) is 0 Å². The van der Waals surface area contributed by atoms with Gasteiger partial charge in [-0.15, -0.1) is 0 Å². The number of anilines is 1. The maximum Gasteiger partial charge on any atom is 0.241 e. The molecule has 23 heavy (non-hydrogen) atoms. The van der Waals surface area contributed by atoms with E-state index in [4.69, 9.17) is 5.73 Å². The minimum absolute atomic E-state index is 0.120. The summed E-state index contributed by atoms with van der Waals surface area (Å²) in [5, 5.41) is 4.12. The molecule has 1 aromatic carbocycles. The zero-order chi connectivity index (χ0) is 17.0. The number of fused-ring (bicyclic) bond motifs is 1. The van der Waals surface area contributed by atoms with Gasteiger partial charge in [0.05, 0.1) is 11.6 Å². The fourth-order valence-electron chi connectivity index (χ4n) is 2.50. The number of nitrogens with zero attached hydrogens (tertiary/aromatic N) is 2. The molecule has 2 rings (SSSR count). The number of nitrogens with one attached hydrogen (secondary N) is 1. The Morgan fingerprint density at radius 2 is 2.09 bits per heavy atom.